The van der Waals surface area contributed by atoms with Gasteiger partial charge in [-0.25, -0.2) is 0 Å². The first-order chi connectivity index (χ1) is 13.4. The SMILES string of the molecule is COc1ccc(OC)c(N2CC(C(=O)Nc3cccc(C(C)C)c3)CC2=O)c1. The fourth-order valence-electron chi connectivity index (χ4n) is 3.34. The van der Waals surface area contributed by atoms with Crippen LogP contribution in [0.2, 0.25) is 0 Å². The largest absolute Gasteiger partial charge is 0.497 e. The van der Waals surface area contributed by atoms with Crippen LogP contribution in [0.3, 0.4) is 0 Å². The van der Waals surface area contributed by atoms with Gasteiger partial charge in [-0.3, -0.25) is 9.59 Å². The van der Waals surface area contributed by atoms with Gasteiger partial charge in [0.2, 0.25) is 11.8 Å². The molecule has 28 heavy (non-hydrogen) atoms. The van der Waals surface area contributed by atoms with Crippen LogP contribution in [0.5, 0.6) is 11.5 Å². The van der Waals surface area contributed by atoms with Crippen molar-refractivity contribution in [2.24, 2.45) is 5.92 Å². The zero-order valence-corrected chi connectivity index (χ0v) is 16.7. The average molecular weight is 382 g/mol. The molecule has 1 aliphatic heterocycles. The van der Waals surface area contributed by atoms with Gasteiger partial charge in [-0.05, 0) is 35.7 Å². The van der Waals surface area contributed by atoms with Gasteiger partial charge in [0.15, 0.2) is 0 Å². The van der Waals surface area contributed by atoms with E-state index in [1.54, 1.807) is 37.3 Å². The molecular weight excluding hydrogens is 356 g/mol. The third-order valence-corrected chi connectivity index (χ3v) is 4.99. The number of hydrogen-bond donors (Lipinski definition) is 1. The molecular formula is C22H26N2O4. The summed E-state index contributed by atoms with van der Waals surface area (Å²) in [7, 11) is 3.12. The number of ether oxygens (including phenoxy) is 2. The Morgan fingerprint density at radius 1 is 1.14 bits per heavy atom. The molecule has 0 aromatic heterocycles. The third-order valence-electron chi connectivity index (χ3n) is 4.99. The molecule has 0 bridgehead atoms. The van der Waals surface area contributed by atoms with E-state index in [9.17, 15) is 9.59 Å². The number of nitrogens with one attached hydrogen (secondary N) is 1. The molecule has 2 amide bonds. The maximum absolute atomic E-state index is 12.7. The second-order valence-electron chi connectivity index (χ2n) is 7.21. The number of benzene rings is 2. The molecule has 0 aliphatic carbocycles. The number of rotatable bonds is 6. The summed E-state index contributed by atoms with van der Waals surface area (Å²) < 4.78 is 10.6. The summed E-state index contributed by atoms with van der Waals surface area (Å²) in [5.74, 6) is 0.884. The van der Waals surface area contributed by atoms with Gasteiger partial charge in [0, 0.05) is 24.7 Å². The zero-order valence-electron chi connectivity index (χ0n) is 16.7. The Hall–Kier alpha value is -3.02. The Balaban J connectivity index is 1.76. The van der Waals surface area contributed by atoms with Crippen molar-refractivity contribution in [2.45, 2.75) is 26.2 Å². The van der Waals surface area contributed by atoms with Crippen LogP contribution in [0.1, 0.15) is 31.7 Å². The summed E-state index contributed by atoms with van der Waals surface area (Å²) in [6.45, 7) is 4.52. The van der Waals surface area contributed by atoms with Gasteiger partial charge in [-0.2, -0.15) is 0 Å². The standard InChI is InChI=1S/C22H26N2O4/c1-14(2)15-6-5-7-17(10-15)23-22(26)16-11-21(25)24(13-16)19-12-18(27-3)8-9-20(19)28-4/h5-10,12,14,16H,11,13H2,1-4H3,(H,23,26). The molecule has 3 rings (SSSR count). The van der Waals surface area contributed by atoms with Gasteiger partial charge >= 0.3 is 0 Å². The highest BCUT2D eigenvalue weighted by atomic mass is 16.5. The predicted molar refractivity (Wildman–Crippen MR) is 109 cm³/mol. The molecule has 1 fully saturated rings. The smallest absolute Gasteiger partial charge is 0.229 e. The number of methoxy groups -OCH3 is 2. The van der Waals surface area contributed by atoms with Crippen molar-refractivity contribution >= 4 is 23.2 Å². The number of hydrogen-bond acceptors (Lipinski definition) is 4. The van der Waals surface area contributed by atoms with Crippen molar-refractivity contribution in [3.8, 4) is 11.5 Å². The van der Waals surface area contributed by atoms with Crippen LogP contribution in [0.4, 0.5) is 11.4 Å². The minimum absolute atomic E-state index is 0.109. The van der Waals surface area contributed by atoms with Crippen LogP contribution in [-0.2, 0) is 9.59 Å². The first-order valence-corrected chi connectivity index (χ1v) is 9.36. The fraction of sp³-hybridized carbons (Fsp3) is 0.364. The lowest BCUT2D eigenvalue weighted by molar-refractivity contribution is -0.122. The van der Waals surface area contributed by atoms with Crippen molar-refractivity contribution in [1.29, 1.82) is 0 Å². The van der Waals surface area contributed by atoms with E-state index in [4.69, 9.17) is 9.47 Å². The molecule has 0 radical (unpaired) electrons. The Labute approximate surface area is 165 Å². The Bertz CT molecular complexity index is 879. The molecule has 6 heteroatoms. The molecule has 6 nitrogen and oxygen atoms in total. The summed E-state index contributed by atoms with van der Waals surface area (Å²) in [5, 5.41) is 2.95. The Kier molecular flexibility index (Phi) is 5.87. The second-order valence-corrected chi connectivity index (χ2v) is 7.21. The maximum Gasteiger partial charge on any atom is 0.229 e. The maximum atomic E-state index is 12.7. The molecule has 1 N–H and O–H groups in total. The van der Waals surface area contributed by atoms with E-state index in [1.165, 1.54) is 0 Å². The molecule has 0 spiro atoms. The number of anilines is 2. The van der Waals surface area contributed by atoms with Crippen molar-refractivity contribution in [3.05, 3.63) is 48.0 Å². The monoisotopic (exact) mass is 382 g/mol. The molecule has 1 heterocycles. The normalized spacial score (nSPS) is 16.4. The predicted octanol–water partition coefficient (Wildman–Crippen LogP) is 3.82. The number of carbonyl (C=O) groups is 2. The second kappa shape index (κ2) is 8.33. The third kappa shape index (κ3) is 4.11. The highest BCUT2D eigenvalue weighted by Gasteiger charge is 2.36. The van der Waals surface area contributed by atoms with Crippen LogP contribution in [-0.4, -0.2) is 32.6 Å². The lowest BCUT2D eigenvalue weighted by Gasteiger charge is -2.20. The van der Waals surface area contributed by atoms with Crippen LogP contribution in [0.25, 0.3) is 0 Å². The lowest BCUT2D eigenvalue weighted by Crippen LogP contribution is -2.28. The first-order valence-electron chi connectivity index (χ1n) is 9.36. The van der Waals surface area contributed by atoms with Gasteiger partial charge in [-0.1, -0.05) is 26.0 Å². The van der Waals surface area contributed by atoms with E-state index in [2.05, 4.69) is 19.2 Å². The van der Waals surface area contributed by atoms with Crippen molar-refractivity contribution in [3.63, 3.8) is 0 Å². The highest BCUT2D eigenvalue weighted by molar-refractivity contribution is 6.04. The summed E-state index contributed by atoms with van der Waals surface area (Å²) in [4.78, 5) is 26.9. The van der Waals surface area contributed by atoms with Gasteiger partial charge in [-0.15, -0.1) is 0 Å². The highest BCUT2D eigenvalue weighted by Crippen LogP contribution is 2.36. The van der Waals surface area contributed by atoms with Crippen molar-refractivity contribution in [1.82, 2.24) is 0 Å². The average Bonchev–Trinajstić information content (AvgIpc) is 3.09. The quantitative estimate of drug-likeness (QED) is 0.825. The summed E-state index contributed by atoms with van der Waals surface area (Å²) in [6.07, 6.45) is 0.163. The molecule has 148 valence electrons. The van der Waals surface area contributed by atoms with Crippen molar-refractivity contribution in [2.75, 3.05) is 31.0 Å². The lowest BCUT2D eigenvalue weighted by atomic mass is 10.0. The molecule has 1 unspecified atom stereocenters. The van der Waals surface area contributed by atoms with E-state index in [1.807, 2.05) is 24.3 Å². The van der Waals surface area contributed by atoms with E-state index in [0.717, 1.165) is 11.3 Å². The van der Waals surface area contributed by atoms with Crippen LogP contribution < -0.4 is 19.7 Å². The summed E-state index contributed by atoms with van der Waals surface area (Å²) in [6, 6.07) is 13.1. The Morgan fingerprint density at radius 3 is 2.61 bits per heavy atom. The fourth-order valence-corrected chi connectivity index (χ4v) is 3.34. The summed E-state index contributed by atoms with van der Waals surface area (Å²) >= 11 is 0. The van der Waals surface area contributed by atoms with Crippen LogP contribution >= 0.6 is 0 Å². The molecule has 1 saturated heterocycles. The Morgan fingerprint density at radius 2 is 1.93 bits per heavy atom. The van der Waals surface area contributed by atoms with Gasteiger partial charge in [0.25, 0.3) is 0 Å². The van der Waals surface area contributed by atoms with Crippen LogP contribution in [0, 0.1) is 5.92 Å². The van der Waals surface area contributed by atoms with Gasteiger partial charge in [0.1, 0.15) is 11.5 Å². The topological polar surface area (TPSA) is 67.9 Å². The number of nitrogens with zero attached hydrogens (tertiary/aromatic N) is 1. The van der Waals surface area contributed by atoms with E-state index in [-0.39, 0.29) is 18.2 Å². The minimum atomic E-state index is -0.425. The number of amides is 2. The van der Waals surface area contributed by atoms with Crippen molar-refractivity contribution < 1.29 is 19.1 Å². The first kappa shape index (κ1) is 19.7. The minimum Gasteiger partial charge on any atom is -0.497 e. The molecule has 1 aliphatic rings. The molecule has 2 aromatic carbocycles. The van der Waals surface area contributed by atoms with E-state index < -0.39 is 5.92 Å². The number of carbonyl (C=O) groups excluding carboxylic acids is 2. The molecule has 0 saturated carbocycles. The summed E-state index contributed by atoms with van der Waals surface area (Å²) in [5.41, 5.74) is 2.52. The van der Waals surface area contributed by atoms with Crippen LogP contribution in [0.15, 0.2) is 42.5 Å². The van der Waals surface area contributed by atoms with Gasteiger partial charge in [0.05, 0.1) is 25.8 Å². The van der Waals surface area contributed by atoms with E-state index in [0.29, 0.717) is 29.6 Å². The molecule has 1 atom stereocenters. The molecule has 2 aromatic rings. The van der Waals surface area contributed by atoms with E-state index >= 15 is 0 Å². The van der Waals surface area contributed by atoms with Gasteiger partial charge < -0.3 is 19.7 Å². The zero-order chi connectivity index (χ0) is 20.3.